The molecule has 1 fully saturated rings. The van der Waals surface area contributed by atoms with Crippen LogP contribution in [0.15, 0.2) is 18.2 Å². The molecule has 1 unspecified atom stereocenters. The average Bonchev–Trinajstić information content (AvgIpc) is 2.80. The van der Waals surface area contributed by atoms with Crippen LogP contribution in [0.25, 0.3) is 0 Å². The number of nitro groups is 1. The molecule has 0 amide bonds. The summed E-state index contributed by atoms with van der Waals surface area (Å²) in [6.07, 6.45) is 1.03. The molecule has 1 aromatic rings. The molecule has 1 aliphatic heterocycles. The third kappa shape index (κ3) is 3.23. The molecule has 104 valence electrons. The van der Waals surface area contributed by atoms with Gasteiger partial charge in [0, 0.05) is 31.2 Å². The number of benzene rings is 1. The molecule has 0 bridgehead atoms. The molecule has 0 saturated carbocycles. The molecule has 0 spiro atoms. The molecule has 0 aromatic heterocycles. The zero-order valence-corrected chi connectivity index (χ0v) is 11.7. The summed E-state index contributed by atoms with van der Waals surface area (Å²) >= 11 is 0. The maximum Gasteiger partial charge on any atom is 0.292 e. The molecule has 1 atom stereocenters. The minimum Gasteiger partial charge on any atom is -0.375 e. The van der Waals surface area contributed by atoms with Crippen LogP contribution in [0.5, 0.6) is 0 Å². The second kappa shape index (κ2) is 5.57. The van der Waals surface area contributed by atoms with E-state index in [1.54, 1.807) is 6.07 Å². The van der Waals surface area contributed by atoms with Gasteiger partial charge in [0.25, 0.3) is 5.69 Å². The quantitative estimate of drug-likeness (QED) is 0.670. The molecule has 1 N–H and O–H groups in total. The van der Waals surface area contributed by atoms with Crippen molar-refractivity contribution in [2.45, 2.75) is 39.3 Å². The van der Waals surface area contributed by atoms with Gasteiger partial charge in [-0.2, -0.15) is 0 Å². The van der Waals surface area contributed by atoms with Gasteiger partial charge in [-0.1, -0.05) is 6.07 Å². The number of aryl methyl sites for hydroxylation is 1. The van der Waals surface area contributed by atoms with E-state index in [9.17, 15) is 10.1 Å². The fourth-order valence-electron chi connectivity index (χ4n) is 2.51. The molecule has 5 nitrogen and oxygen atoms in total. The Kier molecular flexibility index (Phi) is 4.04. The first-order valence-electron chi connectivity index (χ1n) is 6.73. The van der Waals surface area contributed by atoms with Crippen LogP contribution in [-0.4, -0.2) is 35.0 Å². The summed E-state index contributed by atoms with van der Waals surface area (Å²) < 4.78 is 0. The zero-order chi connectivity index (χ0) is 14.0. The summed E-state index contributed by atoms with van der Waals surface area (Å²) in [5.74, 6) is 0. The molecule has 19 heavy (non-hydrogen) atoms. The second-order valence-electron chi connectivity index (χ2n) is 5.50. The summed E-state index contributed by atoms with van der Waals surface area (Å²) in [4.78, 5) is 13.1. The Bertz CT molecular complexity index is 474. The van der Waals surface area contributed by atoms with E-state index in [0.717, 1.165) is 25.1 Å². The first-order chi connectivity index (χ1) is 8.97. The van der Waals surface area contributed by atoms with Gasteiger partial charge in [-0.15, -0.1) is 0 Å². The van der Waals surface area contributed by atoms with E-state index in [4.69, 9.17) is 0 Å². The topological polar surface area (TPSA) is 58.4 Å². The Morgan fingerprint density at radius 1 is 1.47 bits per heavy atom. The molecule has 1 saturated heterocycles. The van der Waals surface area contributed by atoms with Crippen molar-refractivity contribution in [3.63, 3.8) is 0 Å². The molecule has 1 aromatic carbocycles. The Labute approximate surface area is 113 Å². The zero-order valence-electron chi connectivity index (χ0n) is 11.7. The fourth-order valence-corrected chi connectivity index (χ4v) is 2.51. The van der Waals surface area contributed by atoms with Crippen molar-refractivity contribution in [3.05, 3.63) is 33.9 Å². The van der Waals surface area contributed by atoms with E-state index >= 15 is 0 Å². The lowest BCUT2D eigenvalue weighted by Crippen LogP contribution is -2.31. The van der Waals surface area contributed by atoms with Gasteiger partial charge in [-0.05, 0) is 38.8 Å². The van der Waals surface area contributed by atoms with E-state index in [0.29, 0.717) is 17.8 Å². The molecule has 0 radical (unpaired) electrons. The van der Waals surface area contributed by atoms with Crippen LogP contribution in [0.1, 0.15) is 25.8 Å². The molecule has 5 heteroatoms. The Morgan fingerprint density at radius 3 is 2.79 bits per heavy atom. The minimum atomic E-state index is -0.315. The third-order valence-corrected chi connectivity index (χ3v) is 3.66. The molecular formula is C14H21N3O2. The number of nitrogens with one attached hydrogen (secondary N) is 1. The first kappa shape index (κ1) is 13.8. The predicted molar refractivity (Wildman–Crippen MR) is 76.6 cm³/mol. The van der Waals surface area contributed by atoms with Crippen molar-refractivity contribution in [2.75, 3.05) is 18.4 Å². The van der Waals surface area contributed by atoms with Gasteiger partial charge in [0.05, 0.1) is 4.92 Å². The molecule has 0 aliphatic carbocycles. The summed E-state index contributed by atoms with van der Waals surface area (Å²) in [5, 5.41) is 14.4. The van der Waals surface area contributed by atoms with Gasteiger partial charge in [-0.3, -0.25) is 15.0 Å². The number of rotatable bonds is 4. The predicted octanol–water partition coefficient (Wildman–Crippen LogP) is 2.80. The highest BCUT2D eigenvalue weighted by atomic mass is 16.6. The minimum absolute atomic E-state index is 0.169. The number of hydrogen-bond donors (Lipinski definition) is 1. The van der Waals surface area contributed by atoms with Crippen molar-refractivity contribution in [2.24, 2.45) is 0 Å². The number of hydrogen-bond acceptors (Lipinski definition) is 4. The standard InChI is InChI=1S/C14H21N3O2/c1-10(2)16-7-6-12(9-16)15-13-5-4-11(3)8-14(13)17(18)19/h4-5,8,10,12,15H,6-7,9H2,1-3H3. The maximum atomic E-state index is 11.1. The van der Waals surface area contributed by atoms with Crippen LogP contribution >= 0.6 is 0 Å². The van der Waals surface area contributed by atoms with Crippen molar-refractivity contribution in [3.8, 4) is 0 Å². The number of likely N-dealkylation sites (tertiary alicyclic amines) is 1. The molecule has 1 heterocycles. The highest BCUT2D eigenvalue weighted by Crippen LogP contribution is 2.27. The summed E-state index contributed by atoms with van der Waals surface area (Å²) in [7, 11) is 0. The SMILES string of the molecule is Cc1ccc(NC2CCN(C(C)C)C2)c([N+](=O)[O-])c1. The van der Waals surface area contributed by atoms with E-state index in [-0.39, 0.29) is 10.6 Å². The van der Waals surface area contributed by atoms with Crippen LogP contribution in [0.4, 0.5) is 11.4 Å². The van der Waals surface area contributed by atoms with E-state index in [2.05, 4.69) is 24.1 Å². The van der Waals surface area contributed by atoms with Crippen molar-refractivity contribution in [1.82, 2.24) is 4.90 Å². The van der Waals surface area contributed by atoms with Crippen molar-refractivity contribution in [1.29, 1.82) is 0 Å². The largest absolute Gasteiger partial charge is 0.375 e. The average molecular weight is 263 g/mol. The monoisotopic (exact) mass is 263 g/mol. The molecular weight excluding hydrogens is 242 g/mol. The van der Waals surface area contributed by atoms with Crippen molar-refractivity contribution >= 4 is 11.4 Å². The maximum absolute atomic E-state index is 11.1. The summed E-state index contributed by atoms with van der Waals surface area (Å²) in [5.41, 5.74) is 1.71. The molecule has 2 rings (SSSR count). The van der Waals surface area contributed by atoms with E-state index < -0.39 is 0 Å². The highest BCUT2D eigenvalue weighted by molar-refractivity contribution is 5.63. The number of nitro benzene ring substituents is 1. The Hall–Kier alpha value is -1.62. The summed E-state index contributed by atoms with van der Waals surface area (Å²) in [6, 6.07) is 6.16. The first-order valence-corrected chi connectivity index (χ1v) is 6.73. The Balaban J connectivity index is 2.10. The number of nitrogens with zero attached hydrogens (tertiary/aromatic N) is 2. The lowest BCUT2D eigenvalue weighted by atomic mass is 10.1. The lowest BCUT2D eigenvalue weighted by Gasteiger charge is -2.20. The third-order valence-electron chi connectivity index (χ3n) is 3.66. The second-order valence-corrected chi connectivity index (χ2v) is 5.50. The van der Waals surface area contributed by atoms with Gasteiger partial charge in [0.2, 0.25) is 0 Å². The van der Waals surface area contributed by atoms with E-state index in [1.807, 2.05) is 19.1 Å². The van der Waals surface area contributed by atoms with Crippen LogP contribution < -0.4 is 5.32 Å². The molecule has 1 aliphatic rings. The Morgan fingerprint density at radius 2 is 2.21 bits per heavy atom. The van der Waals surface area contributed by atoms with Crippen LogP contribution in [-0.2, 0) is 0 Å². The van der Waals surface area contributed by atoms with Gasteiger partial charge in [0.15, 0.2) is 0 Å². The van der Waals surface area contributed by atoms with Gasteiger partial charge in [-0.25, -0.2) is 0 Å². The van der Waals surface area contributed by atoms with Gasteiger partial charge in [0.1, 0.15) is 5.69 Å². The van der Waals surface area contributed by atoms with E-state index in [1.165, 1.54) is 0 Å². The van der Waals surface area contributed by atoms with Crippen LogP contribution in [0.3, 0.4) is 0 Å². The van der Waals surface area contributed by atoms with Crippen molar-refractivity contribution < 1.29 is 4.92 Å². The van der Waals surface area contributed by atoms with Crippen LogP contribution in [0.2, 0.25) is 0 Å². The van der Waals surface area contributed by atoms with Gasteiger partial charge >= 0.3 is 0 Å². The fraction of sp³-hybridized carbons (Fsp3) is 0.571. The van der Waals surface area contributed by atoms with Crippen LogP contribution in [0, 0.1) is 17.0 Å². The normalized spacial score (nSPS) is 19.9. The number of anilines is 1. The lowest BCUT2D eigenvalue weighted by molar-refractivity contribution is -0.384. The van der Waals surface area contributed by atoms with Gasteiger partial charge < -0.3 is 5.32 Å². The highest BCUT2D eigenvalue weighted by Gasteiger charge is 2.25. The summed E-state index contributed by atoms with van der Waals surface area (Å²) in [6.45, 7) is 8.22. The smallest absolute Gasteiger partial charge is 0.292 e.